The number of anilines is 1. The highest BCUT2D eigenvalue weighted by Crippen LogP contribution is 2.31. The molecule has 3 rings (SSSR count). The topological polar surface area (TPSA) is 77.1 Å². The van der Waals surface area contributed by atoms with E-state index in [1.54, 1.807) is 18.1 Å². The van der Waals surface area contributed by atoms with Gasteiger partial charge in [-0.25, -0.2) is 0 Å². The molecule has 7 nitrogen and oxygen atoms in total. The quantitative estimate of drug-likeness (QED) is 0.562. The van der Waals surface area contributed by atoms with Crippen molar-refractivity contribution in [3.05, 3.63) is 48.5 Å². The van der Waals surface area contributed by atoms with Gasteiger partial charge >= 0.3 is 0 Å². The van der Waals surface area contributed by atoms with Gasteiger partial charge in [0.25, 0.3) is 5.91 Å². The lowest BCUT2D eigenvalue weighted by atomic mass is 9.95. The molecule has 0 saturated carbocycles. The lowest BCUT2D eigenvalue weighted by Gasteiger charge is -2.31. The molecule has 1 fully saturated rings. The van der Waals surface area contributed by atoms with Crippen LogP contribution in [0.2, 0.25) is 0 Å². The molecule has 172 valence electrons. The van der Waals surface area contributed by atoms with Crippen molar-refractivity contribution in [2.75, 3.05) is 38.7 Å². The van der Waals surface area contributed by atoms with Gasteiger partial charge in [0, 0.05) is 25.1 Å². The van der Waals surface area contributed by atoms with Gasteiger partial charge < -0.3 is 24.4 Å². The summed E-state index contributed by atoms with van der Waals surface area (Å²) in [4.78, 5) is 27.1. The number of nitrogens with one attached hydrogen (secondary N) is 1. The Balaban J connectivity index is 1.51. The Bertz CT molecular complexity index is 879. The SMILES string of the molecule is CCCCOc1ccc(OC)cc1NC(=O)C1CCN(C(=O)COc2ccccc2)CC1. The highest BCUT2D eigenvalue weighted by atomic mass is 16.5. The van der Waals surface area contributed by atoms with Crippen LogP contribution in [0.25, 0.3) is 0 Å². The number of nitrogens with zero attached hydrogens (tertiary/aromatic N) is 1. The predicted molar refractivity (Wildman–Crippen MR) is 123 cm³/mol. The molecule has 2 aromatic rings. The van der Waals surface area contributed by atoms with Crippen LogP contribution in [0.3, 0.4) is 0 Å². The molecule has 1 saturated heterocycles. The number of hydrogen-bond acceptors (Lipinski definition) is 5. The zero-order chi connectivity index (χ0) is 22.8. The zero-order valence-electron chi connectivity index (χ0n) is 18.8. The second-order valence-electron chi connectivity index (χ2n) is 7.81. The maximum Gasteiger partial charge on any atom is 0.260 e. The van der Waals surface area contributed by atoms with Gasteiger partial charge in [-0.3, -0.25) is 9.59 Å². The zero-order valence-corrected chi connectivity index (χ0v) is 18.8. The molecule has 1 aliphatic rings. The second kappa shape index (κ2) is 12.0. The maximum atomic E-state index is 12.9. The van der Waals surface area contributed by atoms with Crippen LogP contribution in [0.15, 0.2) is 48.5 Å². The molecule has 0 unspecified atom stereocenters. The molecule has 0 atom stereocenters. The van der Waals surface area contributed by atoms with Crippen molar-refractivity contribution < 1.29 is 23.8 Å². The molecule has 2 aromatic carbocycles. The number of ether oxygens (including phenoxy) is 3. The fourth-order valence-corrected chi connectivity index (χ4v) is 3.57. The van der Waals surface area contributed by atoms with E-state index in [0.717, 1.165) is 12.8 Å². The first-order valence-electron chi connectivity index (χ1n) is 11.2. The monoisotopic (exact) mass is 440 g/mol. The number of benzene rings is 2. The van der Waals surface area contributed by atoms with E-state index >= 15 is 0 Å². The van der Waals surface area contributed by atoms with Crippen molar-refractivity contribution in [1.82, 2.24) is 4.90 Å². The molecule has 7 heteroatoms. The number of carbonyl (C=O) groups is 2. The van der Waals surface area contributed by atoms with E-state index in [4.69, 9.17) is 14.2 Å². The summed E-state index contributed by atoms with van der Waals surface area (Å²) in [5.74, 6) is 1.67. The number of rotatable bonds is 10. The van der Waals surface area contributed by atoms with Crippen molar-refractivity contribution in [2.45, 2.75) is 32.6 Å². The van der Waals surface area contributed by atoms with E-state index in [0.29, 0.717) is 55.5 Å². The molecule has 2 amide bonds. The third-order valence-electron chi connectivity index (χ3n) is 5.52. The van der Waals surface area contributed by atoms with E-state index in [1.807, 2.05) is 42.5 Å². The van der Waals surface area contributed by atoms with Crippen LogP contribution in [-0.2, 0) is 9.59 Å². The van der Waals surface area contributed by atoms with E-state index in [-0.39, 0.29) is 24.3 Å². The minimum Gasteiger partial charge on any atom is -0.497 e. The van der Waals surface area contributed by atoms with E-state index in [1.165, 1.54) is 0 Å². The molecule has 1 N–H and O–H groups in total. The fraction of sp³-hybridized carbons (Fsp3) is 0.440. The number of amides is 2. The first-order chi connectivity index (χ1) is 15.6. The van der Waals surface area contributed by atoms with E-state index < -0.39 is 0 Å². The fourth-order valence-electron chi connectivity index (χ4n) is 3.57. The predicted octanol–water partition coefficient (Wildman–Crippen LogP) is 4.13. The Labute approximate surface area is 189 Å². The number of likely N-dealkylation sites (tertiary alicyclic amines) is 1. The number of hydrogen-bond donors (Lipinski definition) is 1. The van der Waals surface area contributed by atoms with Gasteiger partial charge in [0.1, 0.15) is 17.2 Å². The smallest absolute Gasteiger partial charge is 0.260 e. The third-order valence-corrected chi connectivity index (χ3v) is 5.52. The molecule has 0 aromatic heterocycles. The van der Waals surface area contributed by atoms with Crippen LogP contribution in [0, 0.1) is 5.92 Å². The molecule has 0 radical (unpaired) electrons. The largest absolute Gasteiger partial charge is 0.497 e. The Kier molecular flexibility index (Phi) is 8.78. The van der Waals surface area contributed by atoms with E-state index in [2.05, 4.69) is 12.2 Å². The van der Waals surface area contributed by atoms with Gasteiger partial charge in [0.15, 0.2) is 6.61 Å². The molecule has 0 spiro atoms. The first-order valence-corrected chi connectivity index (χ1v) is 11.2. The van der Waals surface area contributed by atoms with Crippen LogP contribution in [0.5, 0.6) is 17.2 Å². The summed E-state index contributed by atoms with van der Waals surface area (Å²) in [6, 6.07) is 14.7. The van der Waals surface area contributed by atoms with Gasteiger partial charge in [-0.05, 0) is 43.5 Å². The number of carbonyl (C=O) groups excluding carboxylic acids is 2. The van der Waals surface area contributed by atoms with Gasteiger partial charge in [0.2, 0.25) is 5.91 Å². The molecule has 0 bridgehead atoms. The first kappa shape index (κ1) is 23.4. The molecule has 1 heterocycles. The Morgan fingerprint density at radius 2 is 1.78 bits per heavy atom. The third kappa shape index (κ3) is 6.64. The van der Waals surface area contributed by atoms with Crippen LogP contribution in [0.4, 0.5) is 5.69 Å². The van der Waals surface area contributed by atoms with Crippen molar-refractivity contribution in [3.8, 4) is 17.2 Å². The van der Waals surface area contributed by atoms with Gasteiger partial charge in [-0.1, -0.05) is 31.5 Å². The number of methoxy groups -OCH3 is 1. The summed E-state index contributed by atoms with van der Waals surface area (Å²) in [5.41, 5.74) is 0.611. The van der Waals surface area contributed by atoms with E-state index in [9.17, 15) is 9.59 Å². The van der Waals surface area contributed by atoms with Gasteiger partial charge in [0.05, 0.1) is 19.4 Å². The van der Waals surface area contributed by atoms with Gasteiger partial charge in [-0.2, -0.15) is 0 Å². The summed E-state index contributed by atoms with van der Waals surface area (Å²) in [6.45, 7) is 3.77. The summed E-state index contributed by atoms with van der Waals surface area (Å²) >= 11 is 0. The van der Waals surface area contributed by atoms with Crippen molar-refractivity contribution in [2.24, 2.45) is 5.92 Å². The molecule has 32 heavy (non-hydrogen) atoms. The van der Waals surface area contributed by atoms with Crippen LogP contribution in [-0.4, -0.2) is 50.1 Å². The molecular formula is C25H32N2O5. The number of piperidine rings is 1. The standard InChI is InChI=1S/C25H32N2O5/c1-3-4-16-31-23-11-10-21(30-2)17-22(23)26-25(29)19-12-14-27(15-13-19)24(28)18-32-20-8-6-5-7-9-20/h5-11,17,19H,3-4,12-16,18H2,1-2H3,(H,26,29). The minimum absolute atomic E-state index is 0.00312. The summed E-state index contributed by atoms with van der Waals surface area (Å²) < 4.78 is 16.7. The van der Waals surface area contributed by atoms with Crippen LogP contribution < -0.4 is 19.5 Å². The average molecular weight is 441 g/mol. The highest BCUT2D eigenvalue weighted by molar-refractivity contribution is 5.94. The second-order valence-corrected chi connectivity index (χ2v) is 7.81. The lowest BCUT2D eigenvalue weighted by molar-refractivity contribution is -0.136. The maximum absolute atomic E-state index is 12.9. The van der Waals surface area contributed by atoms with Crippen LogP contribution in [0.1, 0.15) is 32.6 Å². The average Bonchev–Trinajstić information content (AvgIpc) is 2.84. The van der Waals surface area contributed by atoms with Crippen molar-refractivity contribution in [1.29, 1.82) is 0 Å². The van der Waals surface area contributed by atoms with Gasteiger partial charge in [-0.15, -0.1) is 0 Å². The number of unbranched alkanes of at least 4 members (excludes halogenated alkanes) is 1. The van der Waals surface area contributed by atoms with Crippen molar-refractivity contribution >= 4 is 17.5 Å². The normalized spacial score (nSPS) is 14.0. The molecule has 0 aliphatic carbocycles. The minimum atomic E-state index is -0.163. The van der Waals surface area contributed by atoms with Crippen molar-refractivity contribution in [3.63, 3.8) is 0 Å². The molecular weight excluding hydrogens is 408 g/mol. The Morgan fingerprint density at radius 3 is 2.47 bits per heavy atom. The summed E-state index contributed by atoms with van der Waals surface area (Å²) in [6.07, 6.45) is 3.20. The van der Waals surface area contributed by atoms with Crippen LogP contribution >= 0.6 is 0 Å². The summed E-state index contributed by atoms with van der Waals surface area (Å²) in [5, 5.41) is 3.00. The molecule has 1 aliphatic heterocycles. The Morgan fingerprint density at radius 1 is 1.03 bits per heavy atom. The Hall–Kier alpha value is -3.22. The highest BCUT2D eigenvalue weighted by Gasteiger charge is 2.28. The lowest BCUT2D eigenvalue weighted by Crippen LogP contribution is -2.43. The number of para-hydroxylation sites is 1. The summed E-state index contributed by atoms with van der Waals surface area (Å²) in [7, 11) is 1.59.